The largest absolute Gasteiger partial charge is 0.542 e. The van der Waals surface area contributed by atoms with Crippen molar-refractivity contribution in [1.82, 2.24) is 0 Å². The molecule has 0 aliphatic rings. The molecule has 0 heterocycles. The molecule has 0 saturated heterocycles. The van der Waals surface area contributed by atoms with Crippen LogP contribution in [0.15, 0.2) is 0 Å². The van der Waals surface area contributed by atoms with Gasteiger partial charge in [0.1, 0.15) is 0 Å². The molecule has 0 saturated carbocycles. The third-order valence-electron chi connectivity index (χ3n) is 0.0645. The molecule has 0 rings (SSSR count). The molecule has 0 aromatic rings. The van der Waals surface area contributed by atoms with Crippen LogP contribution in [0.2, 0.25) is 0 Å². The van der Waals surface area contributed by atoms with E-state index in [-0.39, 0.29) is 32.7 Å². The van der Waals surface area contributed by atoms with Crippen LogP contribution in [0.1, 0.15) is 6.92 Å². The number of aliphatic hydroxyl groups excluding tert-OH is 1. The smallest absolute Gasteiger partial charge is 0 e. The first-order chi connectivity index (χ1) is 3.33. The van der Waals surface area contributed by atoms with Crippen LogP contribution < -0.4 is 0 Å². The van der Waals surface area contributed by atoms with Gasteiger partial charge in [-0.1, -0.05) is 6.61 Å². The third-order valence-corrected chi connectivity index (χ3v) is 0.0645. The van der Waals surface area contributed by atoms with E-state index >= 15 is 0 Å². The van der Waals surface area contributed by atoms with E-state index in [9.17, 15) is 0 Å². The summed E-state index contributed by atoms with van der Waals surface area (Å²) >= 11 is 0. The van der Waals surface area contributed by atoms with Crippen molar-refractivity contribution in [2.24, 2.45) is 0 Å². The monoisotopic (exact) mass is 191 g/mol. The topological polar surface area (TPSA) is 54.4 Å². The van der Waals surface area contributed by atoms with E-state index in [2.05, 4.69) is 0 Å². The van der Waals surface area contributed by atoms with Crippen LogP contribution in [0, 0.1) is 0 Å². The minimum Gasteiger partial charge on any atom is -0.542 e. The summed E-state index contributed by atoms with van der Waals surface area (Å²) in [6.07, 6.45) is 2.74. The molecule has 0 aromatic carbocycles. The van der Waals surface area contributed by atoms with Crippen LogP contribution in [0.4, 0.5) is 0 Å². The van der Waals surface area contributed by atoms with Gasteiger partial charge in [-0.25, -0.2) is 6.29 Å². The third kappa shape index (κ3) is 94.9. The summed E-state index contributed by atoms with van der Waals surface area (Å²) in [5.74, 6) is 0. The quantitative estimate of drug-likeness (QED) is 0.552. The molecule has 1 radical (unpaired) electrons. The van der Waals surface area contributed by atoms with E-state index in [4.69, 9.17) is 14.7 Å². The van der Waals surface area contributed by atoms with Crippen LogP contribution in [-0.2, 0) is 42.3 Å². The van der Waals surface area contributed by atoms with Gasteiger partial charge in [-0.05, 0) is 0 Å². The zero-order valence-electron chi connectivity index (χ0n) is 4.55. The van der Waals surface area contributed by atoms with Crippen molar-refractivity contribution in [3.8, 4) is 0 Å². The fraction of sp³-hybridized carbons (Fsp3) is 0.500. The Morgan fingerprint density at radius 2 is 1.62 bits per heavy atom. The molecule has 0 aromatic heterocycles. The zero-order valence-corrected chi connectivity index (χ0v) is 7.39. The molecule has 3 nitrogen and oxygen atoms in total. The van der Waals surface area contributed by atoms with Crippen molar-refractivity contribution in [2.45, 2.75) is 6.92 Å². The van der Waals surface area contributed by atoms with Crippen LogP contribution in [0.5, 0.6) is 0 Å². The Labute approximate surface area is 73.3 Å². The maximum absolute atomic E-state index is 8.80. The Balaban J connectivity index is -0.0000000575. The fourth-order valence-electron chi connectivity index (χ4n) is 0. The Kier molecular flexibility index (Phi) is 51.7. The second kappa shape index (κ2) is 26.2. The summed E-state index contributed by atoms with van der Waals surface area (Å²) < 4.78 is 0. The van der Waals surface area contributed by atoms with E-state index in [0.717, 1.165) is 0 Å². The number of rotatable bonds is 1. The Bertz CT molecular complexity index is 46.5. The average molecular weight is 191 g/mol. The van der Waals surface area contributed by atoms with Crippen molar-refractivity contribution in [3.63, 3.8) is 0 Å². The fourth-order valence-corrected chi connectivity index (χ4v) is 0. The van der Waals surface area contributed by atoms with Crippen molar-refractivity contribution in [1.29, 1.82) is 0 Å². The molecule has 8 heavy (non-hydrogen) atoms. The Morgan fingerprint density at radius 3 is 1.62 bits per heavy atom. The molecular formula is C4H6O3Y-2. The maximum atomic E-state index is 8.80. The number of carbonyl (C=O) groups excluding carboxylic acids is 2. The van der Waals surface area contributed by atoms with E-state index in [1.54, 1.807) is 0 Å². The molecule has 4 heteroatoms. The molecule has 0 aliphatic carbocycles. The Hall–Kier alpha value is 0.404. The summed E-state index contributed by atoms with van der Waals surface area (Å²) in [6.45, 7) is 0.833. The van der Waals surface area contributed by atoms with E-state index < -0.39 is 6.61 Å². The second-order valence-corrected chi connectivity index (χ2v) is 0.507. The standard InChI is InChI=1S/C2H3O2.C2H3O.Y/c3-1-2-4;1-2-3;/h3H,1H2;1H3;/q2*-1;. The van der Waals surface area contributed by atoms with Gasteiger partial charge in [-0.2, -0.15) is 6.92 Å². The summed E-state index contributed by atoms with van der Waals surface area (Å²) in [6, 6.07) is 0. The van der Waals surface area contributed by atoms with Crippen molar-refractivity contribution in [3.05, 3.63) is 0 Å². The zero-order chi connectivity index (χ0) is 6.12. The SMILES string of the molecule is C[C-]=O.O=[C-]CO.[Y]. The molecule has 0 bridgehead atoms. The van der Waals surface area contributed by atoms with Gasteiger partial charge >= 0.3 is 0 Å². The van der Waals surface area contributed by atoms with Gasteiger partial charge in [0, 0.05) is 32.7 Å². The minimum atomic E-state index is -0.486. The van der Waals surface area contributed by atoms with Gasteiger partial charge in [0.05, 0.1) is 0 Å². The average Bonchev–Trinajstić information content (AvgIpc) is 1.69. The maximum Gasteiger partial charge on any atom is 0 e. The number of hydrogen-bond donors (Lipinski definition) is 1. The van der Waals surface area contributed by atoms with Gasteiger partial charge in [0.25, 0.3) is 0 Å². The van der Waals surface area contributed by atoms with E-state index in [1.165, 1.54) is 19.5 Å². The first-order valence-corrected chi connectivity index (χ1v) is 1.58. The van der Waals surface area contributed by atoms with Gasteiger partial charge in [0.15, 0.2) is 0 Å². The van der Waals surface area contributed by atoms with Crippen LogP contribution >= 0.6 is 0 Å². The minimum absolute atomic E-state index is 0. The first-order valence-electron chi connectivity index (χ1n) is 1.58. The summed E-state index contributed by atoms with van der Waals surface area (Å²) in [7, 11) is 0. The summed E-state index contributed by atoms with van der Waals surface area (Å²) in [5.41, 5.74) is 0. The first kappa shape index (κ1) is 15.8. The van der Waals surface area contributed by atoms with E-state index in [0.29, 0.717) is 0 Å². The molecule has 0 fully saturated rings. The number of aliphatic hydroxyl groups is 1. The van der Waals surface area contributed by atoms with Crippen LogP contribution in [-0.4, -0.2) is 24.3 Å². The molecule has 1 N–H and O–H groups in total. The molecule has 0 aliphatic heterocycles. The summed E-state index contributed by atoms with van der Waals surface area (Å²) in [4.78, 5) is 17.5. The predicted molar refractivity (Wildman–Crippen MR) is 24.1 cm³/mol. The summed E-state index contributed by atoms with van der Waals surface area (Å²) in [5, 5.41) is 7.45. The molecule has 45 valence electrons. The normalized spacial score (nSPS) is 4.75. The van der Waals surface area contributed by atoms with Gasteiger partial charge in [0.2, 0.25) is 0 Å². The molecule has 0 amide bonds. The number of hydrogen-bond acceptors (Lipinski definition) is 3. The van der Waals surface area contributed by atoms with Crippen molar-refractivity contribution in [2.75, 3.05) is 6.61 Å². The van der Waals surface area contributed by atoms with Gasteiger partial charge in [-0.3, -0.25) is 6.29 Å². The molecule has 0 spiro atoms. The second-order valence-electron chi connectivity index (χ2n) is 0.507. The Morgan fingerprint density at radius 1 is 1.50 bits per heavy atom. The molecular weight excluding hydrogens is 185 g/mol. The van der Waals surface area contributed by atoms with Gasteiger partial charge < -0.3 is 14.7 Å². The van der Waals surface area contributed by atoms with Crippen molar-refractivity contribution < 1.29 is 47.4 Å². The van der Waals surface area contributed by atoms with Crippen LogP contribution in [0.25, 0.3) is 0 Å². The predicted octanol–water partition coefficient (Wildman–Crippen LogP) is -0.798. The molecule has 0 atom stereocenters. The van der Waals surface area contributed by atoms with Crippen LogP contribution in [0.3, 0.4) is 0 Å². The molecule has 0 unspecified atom stereocenters. The van der Waals surface area contributed by atoms with E-state index in [1.807, 2.05) is 0 Å². The van der Waals surface area contributed by atoms with Gasteiger partial charge in [-0.15, -0.1) is 0 Å². The van der Waals surface area contributed by atoms with Crippen molar-refractivity contribution >= 4 is 12.6 Å².